The highest BCUT2D eigenvalue weighted by molar-refractivity contribution is 6.35. The molecule has 0 bridgehead atoms. The maximum Gasteiger partial charge on any atom is 0.242 e. The summed E-state index contributed by atoms with van der Waals surface area (Å²) in [5.41, 5.74) is 3.12. The van der Waals surface area contributed by atoms with Gasteiger partial charge in [-0.05, 0) is 42.8 Å². The topological polar surface area (TPSA) is 32.3 Å². The van der Waals surface area contributed by atoms with Crippen molar-refractivity contribution >= 4 is 34.8 Å². The average Bonchev–Trinajstić information content (AvgIpc) is 2.45. The van der Waals surface area contributed by atoms with Crippen LogP contribution in [0.3, 0.4) is 0 Å². The number of fused-ring (bicyclic) bond motifs is 1. The van der Waals surface area contributed by atoms with Crippen LogP contribution in [0.25, 0.3) is 0 Å². The first-order valence-electron chi connectivity index (χ1n) is 7.07. The normalized spacial score (nSPS) is 17.9. The smallest absolute Gasteiger partial charge is 0.242 e. The Hall–Kier alpha value is -1.55. The number of halogens is 2. The molecule has 1 N–H and O–H groups in total. The lowest BCUT2D eigenvalue weighted by Gasteiger charge is -2.33. The summed E-state index contributed by atoms with van der Waals surface area (Å²) < 4.78 is 0. The molecule has 2 aromatic carbocycles. The fourth-order valence-electron chi connectivity index (χ4n) is 2.80. The lowest BCUT2D eigenvalue weighted by Crippen LogP contribution is -2.45. The molecule has 0 aliphatic carbocycles. The van der Waals surface area contributed by atoms with E-state index >= 15 is 0 Å². The number of amides is 1. The van der Waals surface area contributed by atoms with Crippen LogP contribution in [0, 0.1) is 0 Å². The standard InChI is InChI=1S/C17H16Cl2N2O/c1-21-10-12-5-3-2-4-11(12)6-16(21)17(22)20-15-8-13(18)7-14(19)9-15/h2-5,7-9,16H,6,10H2,1H3,(H,20,22). The number of hydrogen-bond acceptors (Lipinski definition) is 2. The lowest BCUT2D eigenvalue weighted by atomic mass is 9.94. The van der Waals surface area contributed by atoms with Crippen molar-refractivity contribution in [1.29, 1.82) is 0 Å². The van der Waals surface area contributed by atoms with Crippen molar-refractivity contribution in [1.82, 2.24) is 4.90 Å². The number of benzene rings is 2. The summed E-state index contributed by atoms with van der Waals surface area (Å²) in [6.45, 7) is 0.768. The maximum atomic E-state index is 12.6. The summed E-state index contributed by atoms with van der Waals surface area (Å²) in [7, 11) is 1.96. The SMILES string of the molecule is CN1Cc2ccccc2CC1C(=O)Nc1cc(Cl)cc(Cl)c1. The molecule has 0 radical (unpaired) electrons. The summed E-state index contributed by atoms with van der Waals surface area (Å²) in [4.78, 5) is 14.6. The molecule has 5 heteroatoms. The lowest BCUT2D eigenvalue weighted by molar-refractivity contribution is -0.121. The Morgan fingerprint density at radius 2 is 1.77 bits per heavy atom. The Morgan fingerprint density at radius 3 is 2.45 bits per heavy atom. The van der Waals surface area contributed by atoms with Crippen molar-refractivity contribution in [3.63, 3.8) is 0 Å². The van der Waals surface area contributed by atoms with Crippen molar-refractivity contribution in [2.75, 3.05) is 12.4 Å². The Morgan fingerprint density at radius 1 is 1.14 bits per heavy atom. The number of carbonyl (C=O) groups is 1. The van der Waals surface area contributed by atoms with E-state index in [1.165, 1.54) is 11.1 Å². The van der Waals surface area contributed by atoms with Crippen LogP contribution in [0.5, 0.6) is 0 Å². The second kappa shape index (κ2) is 6.29. The van der Waals surface area contributed by atoms with E-state index in [2.05, 4.69) is 22.3 Å². The van der Waals surface area contributed by atoms with Gasteiger partial charge in [-0.3, -0.25) is 9.69 Å². The van der Waals surface area contributed by atoms with Crippen LogP contribution in [0.2, 0.25) is 10.0 Å². The predicted molar refractivity (Wildman–Crippen MR) is 90.5 cm³/mol. The maximum absolute atomic E-state index is 12.6. The zero-order valence-electron chi connectivity index (χ0n) is 12.1. The molecule has 22 heavy (non-hydrogen) atoms. The molecular weight excluding hydrogens is 319 g/mol. The van der Waals surface area contributed by atoms with Gasteiger partial charge in [0.25, 0.3) is 0 Å². The zero-order chi connectivity index (χ0) is 15.7. The molecule has 0 saturated carbocycles. The Kier molecular flexibility index (Phi) is 4.39. The highest BCUT2D eigenvalue weighted by atomic mass is 35.5. The number of hydrogen-bond donors (Lipinski definition) is 1. The molecule has 0 spiro atoms. The molecule has 114 valence electrons. The number of carbonyl (C=O) groups excluding carboxylic acids is 1. The van der Waals surface area contributed by atoms with Crippen molar-refractivity contribution in [2.24, 2.45) is 0 Å². The number of anilines is 1. The molecule has 0 saturated heterocycles. The molecule has 0 fully saturated rings. The van der Waals surface area contributed by atoms with Crippen molar-refractivity contribution in [3.8, 4) is 0 Å². The van der Waals surface area contributed by atoms with Crippen molar-refractivity contribution in [2.45, 2.75) is 19.0 Å². The first-order valence-corrected chi connectivity index (χ1v) is 7.82. The third-order valence-corrected chi connectivity index (χ3v) is 4.35. The van der Waals surface area contributed by atoms with Crippen LogP contribution in [0.4, 0.5) is 5.69 Å². The van der Waals surface area contributed by atoms with Crippen molar-refractivity contribution < 1.29 is 4.79 Å². The minimum atomic E-state index is -0.201. The molecule has 1 aliphatic heterocycles. The van der Waals surface area contributed by atoms with E-state index in [1.54, 1.807) is 18.2 Å². The molecule has 1 amide bonds. The van der Waals surface area contributed by atoms with E-state index in [1.807, 2.05) is 19.2 Å². The van der Waals surface area contributed by atoms with Crippen molar-refractivity contribution in [3.05, 3.63) is 63.6 Å². The summed E-state index contributed by atoms with van der Waals surface area (Å²) in [5, 5.41) is 3.91. The van der Waals surface area contributed by atoms with Crippen LogP contribution in [-0.4, -0.2) is 23.9 Å². The number of nitrogens with zero attached hydrogens (tertiary/aromatic N) is 1. The predicted octanol–water partition coefficient (Wildman–Crippen LogP) is 3.99. The summed E-state index contributed by atoms with van der Waals surface area (Å²) in [6.07, 6.45) is 0.701. The summed E-state index contributed by atoms with van der Waals surface area (Å²) >= 11 is 11.9. The van der Waals surface area contributed by atoms with Gasteiger partial charge in [0.1, 0.15) is 0 Å². The minimum absolute atomic E-state index is 0.0460. The van der Waals surface area contributed by atoms with E-state index in [0.717, 1.165) is 6.54 Å². The minimum Gasteiger partial charge on any atom is -0.325 e. The van der Waals surface area contributed by atoms with Crippen LogP contribution in [0.1, 0.15) is 11.1 Å². The molecular formula is C17H16Cl2N2O. The molecule has 1 heterocycles. The van der Waals surface area contributed by atoms with Gasteiger partial charge in [-0.2, -0.15) is 0 Å². The van der Waals surface area contributed by atoms with E-state index in [0.29, 0.717) is 22.2 Å². The first kappa shape index (κ1) is 15.3. The van der Waals surface area contributed by atoms with E-state index in [4.69, 9.17) is 23.2 Å². The molecule has 1 unspecified atom stereocenters. The van der Waals surface area contributed by atoms with Gasteiger partial charge < -0.3 is 5.32 Å². The Balaban J connectivity index is 1.78. The fourth-order valence-corrected chi connectivity index (χ4v) is 3.32. The van der Waals surface area contributed by atoms with Gasteiger partial charge in [0.05, 0.1) is 6.04 Å². The first-order chi connectivity index (χ1) is 10.5. The average molecular weight is 335 g/mol. The quantitative estimate of drug-likeness (QED) is 0.900. The number of likely N-dealkylation sites (N-methyl/N-ethyl adjacent to an activating group) is 1. The van der Waals surface area contributed by atoms with Crippen LogP contribution < -0.4 is 5.32 Å². The summed E-state index contributed by atoms with van der Waals surface area (Å²) in [5.74, 6) is -0.0460. The summed E-state index contributed by atoms with van der Waals surface area (Å²) in [6, 6.07) is 13.1. The molecule has 3 nitrogen and oxygen atoms in total. The Bertz CT molecular complexity index is 697. The van der Waals surface area contributed by atoms with Crippen LogP contribution in [-0.2, 0) is 17.8 Å². The van der Waals surface area contributed by atoms with Crippen LogP contribution >= 0.6 is 23.2 Å². The molecule has 1 aliphatic rings. The van der Waals surface area contributed by atoms with Gasteiger partial charge in [0.15, 0.2) is 0 Å². The second-order valence-corrected chi connectivity index (χ2v) is 6.42. The highest BCUT2D eigenvalue weighted by Crippen LogP contribution is 2.25. The van der Waals surface area contributed by atoms with Gasteiger partial charge in [0.2, 0.25) is 5.91 Å². The monoisotopic (exact) mass is 334 g/mol. The third kappa shape index (κ3) is 3.27. The fraction of sp³-hybridized carbons (Fsp3) is 0.235. The third-order valence-electron chi connectivity index (χ3n) is 3.92. The zero-order valence-corrected chi connectivity index (χ0v) is 13.7. The largest absolute Gasteiger partial charge is 0.325 e. The molecule has 0 aromatic heterocycles. The Labute approximate surface area is 139 Å². The van der Waals surface area contributed by atoms with Gasteiger partial charge in [-0.15, -0.1) is 0 Å². The van der Waals surface area contributed by atoms with Gasteiger partial charge in [-0.1, -0.05) is 47.5 Å². The van der Waals surface area contributed by atoms with Gasteiger partial charge in [-0.25, -0.2) is 0 Å². The molecule has 1 atom stereocenters. The van der Waals surface area contributed by atoms with E-state index in [-0.39, 0.29) is 11.9 Å². The molecule has 3 rings (SSSR count). The highest BCUT2D eigenvalue weighted by Gasteiger charge is 2.28. The molecule has 2 aromatic rings. The van der Waals surface area contributed by atoms with Gasteiger partial charge in [0, 0.05) is 22.3 Å². The van der Waals surface area contributed by atoms with E-state index < -0.39 is 0 Å². The second-order valence-electron chi connectivity index (χ2n) is 5.55. The number of rotatable bonds is 2. The van der Waals surface area contributed by atoms with E-state index in [9.17, 15) is 4.79 Å². The van der Waals surface area contributed by atoms with Gasteiger partial charge >= 0.3 is 0 Å². The van der Waals surface area contributed by atoms with Crippen LogP contribution in [0.15, 0.2) is 42.5 Å². The number of nitrogens with one attached hydrogen (secondary N) is 1.